The lowest BCUT2D eigenvalue weighted by atomic mass is 9.81. The number of hydrogen-bond acceptors (Lipinski definition) is 10. The fraction of sp³-hybridized carbons (Fsp3) is 0.762. The minimum Gasteiger partial charge on any atom is -0.456 e. The van der Waals surface area contributed by atoms with Crippen molar-refractivity contribution in [1.82, 2.24) is 0 Å². The molecule has 0 aromatic carbocycles. The van der Waals surface area contributed by atoms with Gasteiger partial charge in [-0.2, -0.15) is 0 Å². The van der Waals surface area contributed by atoms with Gasteiger partial charge in [-0.1, -0.05) is 6.08 Å². The fourth-order valence-corrected chi connectivity index (χ4v) is 4.31. The van der Waals surface area contributed by atoms with Gasteiger partial charge < -0.3 is 44.8 Å². The van der Waals surface area contributed by atoms with Gasteiger partial charge in [0, 0.05) is 5.92 Å². The smallest absolute Gasteiger partial charge is 0.338 e. The summed E-state index contributed by atoms with van der Waals surface area (Å²) in [4.78, 5) is 12.2. The van der Waals surface area contributed by atoms with E-state index in [0.717, 1.165) is 0 Å². The molecule has 10 nitrogen and oxygen atoms in total. The first-order chi connectivity index (χ1) is 14.6. The second-order valence-electron chi connectivity index (χ2n) is 8.65. The van der Waals surface area contributed by atoms with Gasteiger partial charge in [-0.15, -0.1) is 0 Å². The molecule has 31 heavy (non-hydrogen) atoms. The van der Waals surface area contributed by atoms with Gasteiger partial charge in [0.15, 0.2) is 11.9 Å². The molecule has 0 amide bonds. The molecule has 10 heteroatoms. The molecule has 2 fully saturated rings. The van der Waals surface area contributed by atoms with Gasteiger partial charge in [-0.05, 0) is 50.3 Å². The van der Waals surface area contributed by atoms with Gasteiger partial charge in [0.25, 0.3) is 0 Å². The third-order valence-electron chi connectivity index (χ3n) is 6.46. The molecule has 9 atom stereocenters. The summed E-state index contributed by atoms with van der Waals surface area (Å²) in [6.07, 6.45) is -3.77. The van der Waals surface area contributed by atoms with Crippen LogP contribution in [0.3, 0.4) is 0 Å². The van der Waals surface area contributed by atoms with E-state index in [-0.39, 0.29) is 6.61 Å². The lowest BCUT2D eigenvalue weighted by molar-refractivity contribution is -0.308. The van der Waals surface area contributed by atoms with E-state index >= 15 is 0 Å². The lowest BCUT2D eigenvalue weighted by Crippen LogP contribution is -2.59. The average molecular weight is 444 g/mol. The standard InChI is InChI=1S/C21H32O10/c1-10-7-14-12(21(2,28)20(27)31-14)5-3-11(8-22)4-6-13(10)29-19-18(26)17(25)16(24)15(9-23)30-19/h4,7,12-19,22-26,28H,3,5-6,8-9H2,1-2H3/b10-7+,11-4+/t12-,13+,14+,15-,16-,17+,18-,19-,21-/m1/s1. The van der Waals surface area contributed by atoms with Crippen molar-refractivity contribution in [3.05, 3.63) is 23.3 Å². The zero-order valence-electron chi connectivity index (χ0n) is 17.6. The number of ether oxygens (including phenoxy) is 3. The normalized spacial score (nSPS) is 47.5. The van der Waals surface area contributed by atoms with E-state index < -0.39 is 67.0 Å². The second kappa shape index (κ2) is 9.63. The van der Waals surface area contributed by atoms with Crippen molar-refractivity contribution in [3.63, 3.8) is 0 Å². The number of rotatable bonds is 4. The number of fused-ring (bicyclic) bond motifs is 1. The summed E-state index contributed by atoms with van der Waals surface area (Å²) >= 11 is 0. The molecule has 2 aliphatic heterocycles. The fourth-order valence-electron chi connectivity index (χ4n) is 4.31. The van der Waals surface area contributed by atoms with Crippen LogP contribution in [0.1, 0.15) is 33.1 Å². The summed E-state index contributed by atoms with van der Waals surface area (Å²) < 4.78 is 16.7. The Labute approximate surface area is 180 Å². The lowest BCUT2D eigenvalue weighted by Gasteiger charge is -2.41. The van der Waals surface area contributed by atoms with Crippen LogP contribution in [-0.4, -0.2) is 98.3 Å². The maximum Gasteiger partial charge on any atom is 0.338 e. The van der Waals surface area contributed by atoms with Crippen LogP contribution in [0, 0.1) is 5.92 Å². The third kappa shape index (κ3) is 4.86. The summed E-state index contributed by atoms with van der Waals surface area (Å²) in [6.45, 7) is 2.37. The zero-order chi connectivity index (χ0) is 22.9. The maximum atomic E-state index is 12.2. The van der Waals surface area contributed by atoms with E-state index in [9.17, 15) is 35.4 Å². The Kier molecular flexibility index (Phi) is 7.54. The highest BCUT2D eigenvalue weighted by Gasteiger charge is 2.52. The topological polar surface area (TPSA) is 166 Å². The predicted octanol–water partition coefficient (Wildman–Crippen LogP) is -1.49. The highest BCUT2D eigenvalue weighted by molar-refractivity contribution is 5.82. The first-order valence-corrected chi connectivity index (χ1v) is 10.5. The maximum absolute atomic E-state index is 12.2. The SMILES string of the molecule is C/C1=C\[C@@H]2OC(=O)[C@](C)(O)[C@@H]2CC/C(CO)=C\C[C@@H]1O[C@@H]1O[C@H](CO)[C@@H](O)[C@H](O)[C@H]1O. The van der Waals surface area contributed by atoms with Gasteiger partial charge in [0.1, 0.15) is 30.5 Å². The van der Waals surface area contributed by atoms with E-state index in [4.69, 9.17) is 14.2 Å². The van der Waals surface area contributed by atoms with Crippen LogP contribution in [0.4, 0.5) is 0 Å². The monoisotopic (exact) mass is 444 g/mol. The molecule has 2 saturated heterocycles. The number of aliphatic hydroxyl groups is 6. The first-order valence-electron chi connectivity index (χ1n) is 10.5. The summed E-state index contributed by atoms with van der Waals surface area (Å²) in [6, 6.07) is 0. The number of esters is 1. The van der Waals surface area contributed by atoms with E-state index in [1.54, 1.807) is 19.1 Å². The quantitative estimate of drug-likeness (QED) is 0.222. The predicted molar refractivity (Wildman–Crippen MR) is 105 cm³/mol. The molecule has 0 saturated carbocycles. The molecule has 1 aliphatic carbocycles. The van der Waals surface area contributed by atoms with Gasteiger partial charge in [0.2, 0.25) is 0 Å². The summed E-state index contributed by atoms with van der Waals surface area (Å²) in [5.74, 6) is -1.23. The van der Waals surface area contributed by atoms with Gasteiger partial charge in [-0.3, -0.25) is 0 Å². The van der Waals surface area contributed by atoms with Crippen LogP contribution >= 0.6 is 0 Å². The zero-order valence-corrected chi connectivity index (χ0v) is 17.6. The Hall–Kier alpha value is -1.37. The summed E-state index contributed by atoms with van der Waals surface area (Å²) in [7, 11) is 0. The van der Waals surface area contributed by atoms with E-state index in [0.29, 0.717) is 30.4 Å². The van der Waals surface area contributed by atoms with Gasteiger partial charge >= 0.3 is 5.97 Å². The molecule has 2 heterocycles. The van der Waals surface area contributed by atoms with Crippen LogP contribution in [0.5, 0.6) is 0 Å². The Morgan fingerprint density at radius 3 is 2.55 bits per heavy atom. The minimum absolute atomic E-state index is 0.205. The Balaban J connectivity index is 1.87. The first kappa shape index (κ1) is 24.3. The van der Waals surface area contributed by atoms with Crippen molar-refractivity contribution < 1.29 is 49.6 Å². The molecular formula is C21H32O10. The Morgan fingerprint density at radius 2 is 1.90 bits per heavy atom. The van der Waals surface area contributed by atoms with E-state index in [1.165, 1.54) is 6.92 Å². The molecule has 0 unspecified atom stereocenters. The van der Waals surface area contributed by atoms with E-state index in [1.807, 2.05) is 0 Å². The largest absolute Gasteiger partial charge is 0.456 e. The van der Waals surface area contributed by atoms with Crippen LogP contribution in [0.2, 0.25) is 0 Å². The van der Waals surface area contributed by atoms with Crippen molar-refractivity contribution in [2.75, 3.05) is 13.2 Å². The van der Waals surface area contributed by atoms with Gasteiger partial charge in [0.05, 0.1) is 19.3 Å². The molecule has 0 aromatic heterocycles. The van der Waals surface area contributed by atoms with E-state index in [2.05, 4.69) is 0 Å². The molecule has 6 N–H and O–H groups in total. The third-order valence-corrected chi connectivity index (χ3v) is 6.46. The summed E-state index contributed by atoms with van der Waals surface area (Å²) in [5.41, 5.74) is -0.326. The number of carbonyl (C=O) groups excluding carboxylic acids is 1. The van der Waals surface area contributed by atoms with Crippen LogP contribution < -0.4 is 0 Å². The Bertz CT molecular complexity index is 715. The molecule has 0 radical (unpaired) electrons. The molecule has 176 valence electrons. The van der Waals surface area contributed by atoms with Crippen molar-refractivity contribution in [1.29, 1.82) is 0 Å². The molecular weight excluding hydrogens is 412 g/mol. The Morgan fingerprint density at radius 1 is 1.19 bits per heavy atom. The van der Waals surface area contributed by atoms with Crippen molar-refractivity contribution in [3.8, 4) is 0 Å². The second-order valence-corrected chi connectivity index (χ2v) is 8.65. The van der Waals surface area contributed by atoms with Crippen molar-refractivity contribution in [2.45, 2.75) is 81.6 Å². The average Bonchev–Trinajstić information content (AvgIpc) is 2.94. The number of carbonyl (C=O) groups is 1. The van der Waals surface area contributed by atoms with Crippen molar-refractivity contribution >= 4 is 5.97 Å². The molecule has 3 rings (SSSR count). The minimum atomic E-state index is -1.66. The molecule has 3 aliphatic rings. The molecule has 0 spiro atoms. The molecule has 0 aromatic rings. The summed E-state index contributed by atoms with van der Waals surface area (Å²) in [5, 5.41) is 60.0. The molecule has 0 bridgehead atoms. The van der Waals surface area contributed by atoms with Crippen LogP contribution in [0.25, 0.3) is 0 Å². The van der Waals surface area contributed by atoms with Crippen molar-refractivity contribution in [2.24, 2.45) is 5.92 Å². The van der Waals surface area contributed by atoms with Crippen LogP contribution in [-0.2, 0) is 19.0 Å². The van der Waals surface area contributed by atoms with Crippen LogP contribution in [0.15, 0.2) is 23.3 Å². The number of hydrogen-bond donors (Lipinski definition) is 6. The number of aliphatic hydroxyl groups excluding tert-OH is 5. The highest BCUT2D eigenvalue weighted by atomic mass is 16.7. The highest BCUT2D eigenvalue weighted by Crippen LogP contribution is 2.38. The van der Waals surface area contributed by atoms with Gasteiger partial charge in [-0.25, -0.2) is 4.79 Å².